The SMILES string of the molecule is CC1=NC2C(=NN1)N(C)C(=O)N2C. The third kappa shape index (κ3) is 0.980. The Balaban J connectivity index is 2.38. The summed E-state index contributed by atoms with van der Waals surface area (Å²) >= 11 is 0. The van der Waals surface area contributed by atoms with Crippen molar-refractivity contribution in [2.75, 3.05) is 14.1 Å². The van der Waals surface area contributed by atoms with Crippen molar-refractivity contribution in [1.29, 1.82) is 0 Å². The molecule has 0 aromatic heterocycles. The number of amides is 2. The van der Waals surface area contributed by atoms with E-state index in [-0.39, 0.29) is 12.2 Å². The molecule has 2 rings (SSSR count). The third-order valence-corrected chi connectivity index (χ3v) is 2.18. The van der Waals surface area contributed by atoms with Crippen LogP contribution in [-0.2, 0) is 0 Å². The molecule has 0 saturated carbocycles. The number of carbonyl (C=O) groups is 1. The number of hydrogen-bond acceptors (Lipinski definition) is 4. The molecule has 6 nitrogen and oxygen atoms in total. The van der Waals surface area contributed by atoms with Crippen LogP contribution in [0.5, 0.6) is 0 Å². The molecule has 0 aromatic carbocycles. The predicted octanol–water partition coefficient (Wildman–Crippen LogP) is -0.355. The lowest BCUT2D eigenvalue weighted by Gasteiger charge is -2.17. The Kier molecular flexibility index (Phi) is 1.51. The fourth-order valence-corrected chi connectivity index (χ4v) is 1.41. The van der Waals surface area contributed by atoms with Gasteiger partial charge < -0.3 is 0 Å². The summed E-state index contributed by atoms with van der Waals surface area (Å²) < 4.78 is 0. The normalized spacial score (nSPS) is 26.7. The molecule has 1 N–H and O–H groups in total. The maximum Gasteiger partial charge on any atom is 0.327 e. The van der Waals surface area contributed by atoms with Crippen LogP contribution in [0.3, 0.4) is 0 Å². The van der Waals surface area contributed by atoms with Crippen molar-refractivity contribution in [3.63, 3.8) is 0 Å². The first-order valence-electron chi connectivity index (χ1n) is 4.00. The summed E-state index contributed by atoms with van der Waals surface area (Å²) in [6.45, 7) is 1.82. The van der Waals surface area contributed by atoms with Gasteiger partial charge in [0.05, 0.1) is 0 Å². The van der Waals surface area contributed by atoms with Crippen LogP contribution >= 0.6 is 0 Å². The van der Waals surface area contributed by atoms with Crippen LogP contribution in [0.1, 0.15) is 6.92 Å². The predicted molar refractivity (Wildman–Crippen MR) is 48.4 cm³/mol. The van der Waals surface area contributed by atoms with E-state index in [0.717, 1.165) is 5.84 Å². The number of nitrogens with one attached hydrogen (secondary N) is 1. The summed E-state index contributed by atoms with van der Waals surface area (Å²) in [5.41, 5.74) is 2.74. The topological polar surface area (TPSA) is 60.3 Å². The van der Waals surface area contributed by atoms with Crippen LogP contribution in [0.4, 0.5) is 4.79 Å². The summed E-state index contributed by atoms with van der Waals surface area (Å²) in [5, 5.41) is 4.05. The van der Waals surface area contributed by atoms with Gasteiger partial charge in [-0.15, -0.1) is 0 Å². The zero-order valence-electron chi connectivity index (χ0n) is 7.77. The number of amidine groups is 2. The fraction of sp³-hybridized carbons (Fsp3) is 0.571. The second-order valence-electron chi connectivity index (χ2n) is 3.12. The molecule has 2 heterocycles. The molecular weight excluding hydrogens is 170 g/mol. The van der Waals surface area contributed by atoms with Crippen molar-refractivity contribution in [3.05, 3.63) is 0 Å². The second kappa shape index (κ2) is 2.45. The monoisotopic (exact) mass is 181 g/mol. The van der Waals surface area contributed by atoms with Gasteiger partial charge in [0.2, 0.25) is 0 Å². The first-order valence-corrected chi connectivity index (χ1v) is 4.00. The highest BCUT2D eigenvalue weighted by atomic mass is 16.2. The van der Waals surface area contributed by atoms with E-state index in [9.17, 15) is 4.79 Å². The minimum atomic E-state index is -0.251. The van der Waals surface area contributed by atoms with Crippen LogP contribution in [0.2, 0.25) is 0 Å². The Morgan fingerprint density at radius 1 is 1.46 bits per heavy atom. The maximum atomic E-state index is 11.5. The number of urea groups is 1. The van der Waals surface area contributed by atoms with E-state index >= 15 is 0 Å². The third-order valence-electron chi connectivity index (χ3n) is 2.18. The Morgan fingerprint density at radius 2 is 2.15 bits per heavy atom. The van der Waals surface area contributed by atoms with E-state index in [0.29, 0.717) is 5.84 Å². The molecule has 13 heavy (non-hydrogen) atoms. The fourth-order valence-electron chi connectivity index (χ4n) is 1.41. The van der Waals surface area contributed by atoms with Crippen molar-refractivity contribution in [3.8, 4) is 0 Å². The van der Waals surface area contributed by atoms with Gasteiger partial charge in [0.25, 0.3) is 0 Å². The number of fused-ring (bicyclic) bond motifs is 1. The Bertz CT molecular complexity index is 321. The number of hydrogen-bond donors (Lipinski definition) is 1. The summed E-state index contributed by atoms with van der Waals surface area (Å²) in [6, 6.07) is -0.0796. The molecule has 0 aliphatic carbocycles. The minimum Gasteiger partial charge on any atom is -0.298 e. The van der Waals surface area contributed by atoms with Crippen LogP contribution in [-0.4, -0.2) is 47.8 Å². The molecule has 2 aliphatic heterocycles. The summed E-state index contributed by atoms with van der Waals surface area (Å²) in [7, 11) is 3.41. The van der Waals surface area contributed by atoms with Gasteiger partial charge in [-0.05, 0) is 6.92 Å². The number of aliphatic imine (C=N–C) groups is 1. The van der Waals surface area contributed by atoms with Crippen LogP contribution < -0.4 is 5.43 Å². The summed E-state index contributed by atoms with van der Waals surface area (Å²) in [6.07, 6.45) is -0.251. The van der Waals surface area contributed by atoms with Crippen molar-refractivity contribution < 1.29 is 4.79 Å². The van der Waals surface area contributed by atoms with Gasteiger partial charge in [0.1, 0.15) is 5.84 Å². The molecular formula is C7H11N5O. The highest BCUT2D eigenvalue weighted by Gasteiger charge is 2.40. The summed E-state index contributed by atoms with van der Waals surface area (Å²) in [4.78, 5) is 18.8. The van der Waals surface area contributed by atoms with E-state index in [4.69, 9.17) is 0 Å². The molecule has 1 saturated heterocycles. The maximum absolute atomic E-state index is 11.5. The molecule has 2 amide bonds. The average Bonchev–Trinajstić information content (AvgIpc) is 2.32. The molecule has 1 fully saturated rings. The number of hydrazone groups is 1. The summed E-state index contributed by atoms with van der Waals surface area (Å²) in [5.74, 6) is 1.38. The van der Waals surface area contributed by atoms with Crippen LogP contribution in [0, 0.1) is 0 Å². The number of rotatable bonds is 0. The van der Waals surface area contributed by atoms with E-state index in [2.05, 4.69) is 15.5 Å². The van der Waals surface area contributed by atoms with Crippen molar-refractivity contribution >= 4 is 17.7 Å². The molecule has 2 aliphatic rings. The van der Waals surface area contributed by atoms with Gasteiger partial charge in [-0.25, -0.2) is 9.79 Å². The number of likely N-dealkylation sites (N-methyl/N-ethyl adjacent to an activating group) is 2. The van der Waals surface area contributed by atoms with E-state index < -0.39 is 0 Å². The smallest absolute Gasteiger partial charge is 0.298 e. The molecule has 70 valence electrons. The van der Waals surface area contributed by atoms with Crippen LogP contribution in [0.15, 0.2) is 10.1 Å². The molecule has 1 unspecified atom stereocenters. The lowest BCUT2D eigenvalue weighted by atomic mass is 10.4. The zero-order valence-corrected chi connectivity index (χ0v) is 7.77. The lowest BCUT2D eigenvalue weighted by molar-refractivity contribution is 0.203. The Morgan fingerprint density at radius 3 is 2.85 bits per heavy atom. The highest BCUT2D eigenvalue weighted by Crippen LogP contribution is 2.17. The molecule has 0 bridgehead atoms. The first kappa shape index (κ1) is 8.03. The minimum absolute atomic E-state index is 0.0796. The lowest BCUT2D eigenvalue weighted by Crippen LogP contribution is -2.37. The van der Waals surface area contributed by atoms with Crippen LogP contribution in [0.25, 0.3) is 0 Å². The standard InChI is InChI=1S/C7H11N5O/c1-4-8-5-6(10-9-4)12(3)7(13)11(5)2/h5H,1-3H3,(H,8,9). The van der Waals surface area contributed by atoms with Crippen molar-refractivity contribution in [1.82, 2.24) is 15.2 Å². The van der Waals surface area contributed by atoms with Gasteiger partial charge in [0.15, 0.2) is 12.0 Å². The van der Waals surface area contributed by atoms with E-state index in [1.165, 1.54) is 4.90 Å². The van der Waals surface area contributed by atoms with Crippen molar-refractivity contribution in [2.45, 2.75) is 13.1 Å². The van der Waals surface area contributed by atoms with Crippen molar-refractivity contribution in [2.24, 2.45) is 10.1 Å². The van der Waals surface area contributed by atoms with Gasteiger partial charge in [-0.2, -0.15) is 5.10 Å². The Hall–Kier alpha value is -1.59. The first-order chi connectivity index (χ1) is 6.11. The molecule has 0 radical (unpaired) electrons. The molecule has 0 aromatic rings. The Labute approximate surface area is 75.9 Å². The molecule has 1 atom stereocenters. The largest absolute Gasteiger partial charge is 0.327 e. The molecule has 6 heteroatoms. The second-order valence-corrected chi connectivity index (χ2v) is 3.12. The number of nitrogens with zero attached hydrogens (tertiary/aromatic N) is 4. The van der Waals surface area contributed by atoms with Gasteiger partial charge in [-0.3, -0.25) is 15.2 Å². The van der Waals surface area contributed by atoms with E-state index in [1.54, 1.807) is 19.0 Å². The number of carbonyl (C=O) groups excluding carboxylic acids is 1. The quantitative estimate of drug-likeness (QED) is 0.555. The molecule has 0 spiro atoms. The van der Waals surface area contributed by atoms with Gasteiger partial charge in [0, 0.05) is 14.1 Å². The highest BCUT2D eigenvalue weighted by molar-refractivity contribution is 6.08. The zero-order chi connectivity index (χ0) is 9.59. The van der Waals surface area contributed by atoms with Gasteiger partial charge >= 0.3 is 6.03 Å². The van der Waals surface area contributed by atoms with Gasteiger partial charge in [-0.1, -0.05) is 0 Å². The average molecular weight is 181 g/mol. The van der Waals surface area contributed by atoms with E-state index in [1.807, 2.05) is 6.92 Å².